The fourth-order valence-corrected chi connectivity index (χ4v) is 2.79. The number of aromatic nitrogens is 2. The highest BCUT2D eigenvalue weighted by Crippen LogP contribution is 2.25. The molecular formula is C17H15N3OS. The fourth-order valence-electron chi connectivity index (χ4n) is 2.03. The van der Waals surface area contributed by atoms with Crippen LogP contribution in [-0.4, -0.2) is 16.1 Å². The second-order valence-electron chi connectivity index (χ2n) is 4.99. The van der Waals surface area contributed by atoms with E-state index >= 15 is 0 Å². The van der Waals surface area contributed by atoms with E-state index in [0.717, 1.165) is 16.1 Å². The maximum atomic E-state index is 12.0. The van der Waals surface area contributed by atoms with E-state index in [-0.39, 0.29) is 5.91 Å². The molecule has 0 atom stereocenters. The number of carbonyl (C=O) groups is 1. The summed E-state index contributed by atoms with van der Waals surface area (Å²) in [7, 11) is 0. The van der Waals surface area contributed by atoms with Crippen LogP contribution in [0.15, 0.2) is 54.6 Å². The van der Waals surface area contributed by atoms with E-state index < -0.39 is 0 Å². The standard InChI is InChI=1S/C17H15N3OS/c1-12-7-9-13(10-8-12)11-15(21)18-17-20-19-16(22-17)14-5-3-2-4-6-14/h2-10H,11H2,1H3,(H,18,20,21). The number of hydrogen-bond acceptors (Lipinski definition) is 4. The molecule has 1 N–H and O–H groups in total. The van der Waals surface area contributed by atoms with E-state index in [1.165, 1.54) is 16.9 Å². The monoisotopic (exact) mass is 309 g/mol. The van der Waals surface area contributed by atoms with Crippen molar-refractivity contribution in [1.82, 2.24) is 10.2 Å². The first-order chi connectivity index (χ1) is 10.7. The van der Waals surface area contributed by atoms with Crippen molar-refractivity contribution < 1.29 is 4.79 Å². The molecule has 0 radical (unpaired) electrons. The summed E-state index contributed by atoms with van der Waals surface area (Å²) in [6, 6.07) is 17.7. The third-order valence-electron chi connectivity index (χ3n) is 3.18. The highest BCUT2D eigenvalue weighted by atomic mass is 32.1. The maximum absolute atomic E-state index is 12.0. The van der Waals surface area contributed by atoms with E-state index in [1.807, 2.05) is 61.5 Å². The quantitative estimate of drug-likeness (QED) is 0.799. The Morgan fingerprint density at radius 2 is 1.77 bits per heavy atom. The second-order valence-corrected chi connectivity index (χ2v) is 5.97. The van der Waals surface area contributed by atoms with Crippen molar-refractivity contribution in [3.8, 4) is 10.6 Å². The minimum Gasteiger partial charge on any atom is -0.300 e. The van der Waals surface area contributed by atoms with Gasteiger partial charge in [0, 0.05) is 5.56 Å². The van der Waals surface area contributed by atoms with Gasteiger partial charge in [0.15, 0.2) is 0 Å². The molecule has 0 fully saturated rings. The number of amides is 1. The second kappa shape index (κ2) is 6.49. The Hall–Kier alpha value is -2.53. The predicted octanol–water partition coefficient (Wildman–Crippen LogP) is 3.69. The lowest BCUT2D eigenvalue weighted by molar-refractivity contribution is -0.115. The molecule has 22 heavy (non-hydrogen) atoms. The molecule has 0 unspecified atom stereocenters. The lowest BCUT2D eigenvalue weighted by Gasteiger charge is -2.02. The Labute approximate surface area is 132 Å². The zero-order valence-corrected chi connectivity index (χ0v) is 12.9. The number of hydrogen-bond donors (Lipinski definition) is 1. The minimum absolute atomic E-state index is 0.0837. The van der Waals surface area contributed by atoms with Gasteiger partial charge in [-0.25, -0.2) is 0 Å². The Bertz CT molecular complexity index is 766. The van der Waals surface area contributed by atoms with Gasteiger partial charge in [-0.15, -0.1) is 10.2 Å². The first kappa shape index (κ1) is 14.4. The molecule has 110 valence electrons. The number of carbonyl (C=O) groups excluding carboxylic acids is 1. The van der Waals surface area contributed by atoms with Gasteiger partial charge >= 0.3 is 0 Å². The molecule has 1 aromatic heterocycles. The molecule has 5 heteroatoms. The van der Waals surface area contributed by atoms with Gasteiger partial charge in [-0.05, 0) is 12.5 Å². The lowest BCUT2D eigenvalue weighted by Crippen LogP contribution is -2.14. The van der Waals surface area contributed by atoms with E-state index in [1.54, 1.807) is 0 Å². The first-order valence-corrected chi connectivity index (χ1v) is 7.77. The van der Waals surface area contributed by atoms with E-state index in [9.17, 15) is 4.79 Å². The topological polar surface area (TPSA) is 54.9 Å². The van der Waals surface area contributed by atoms with E-state index in [2.05, 4.69) is 15.5 Å². The molecule has 1 heterocycles. The number of rotatable bonds is 4. The van der Waals surface area contributed by atoms with Gasteiger partial charge in [0.25, 0.3) is 0 Å². The van der Waals surface area contributed by atoms with Crippen LogP contribution in [0.3, 0.4) is 0 Å². The van der Waals surface area contributed by atoms with Crippen LogP contribution in [-0.2, 0) is 11.2 Å². The van der Waals surface area contributed by atoms with Crippen molar-refractivity contribution >= 4 is 22.4 Å². The summed E-state index contributed by atoms with van der Waals surface area (Å²) in [6.45, 7) is 2.02. The van der Waals surface area contributed by atoms with Crippen molar-refractivity contribution in [3.05, 3.63) is 65.7 Å². The Balaban J connectivity index is 1.65. The van der Waals surface area contributed by atoms with Gasteiger partial charge in [0.2, 0.25) is 11.0 Å². The molecule has 0 spiro atoms. The van der Waals surface area contributed by atoms with E-state index in [0.29, 0.717) is 11.6 Å². The van der Waals surface area contributed by atoms with Crippen LogP contribution in [0.5, 0.6) is 0 Å². The van der Waals surface area contributed by atoms with Gasteiger partial charge < -0.3 is 5.32 Å². The molecule has 2 aromatic carbocycles. The number of nitrogens with zero attached hydrogens (tertiary/aromatic N) is 2. The van der Waals surface area contributed by atoms with Crippen LogP contribution >= 0.6 is 11.3 Å². The zero-order valence-electron chi connectivity index (χ0n) is 12.1. The van der Waals surface area contributed by atoms with Crippen LogP contribution in [0, 0.1) is 6.92 Å². The molecule has 0 bridgehead atoms. The molecule has 0 saturated carbocycles. The van der Waals surface area contributed by atoms with Crippen LogP contribution in [0.4, 0.5) is 5.13 Å². The van der Waals surface area contributed by atoms with Crippen LogP contribution in [0.25, 0.3) is 10.6 Å². The van der Waals surface area contributed by atoms with Crippen LogP contribution in [0.1, 0.15) is 11.1 Å². The van der Waals surface area contributed by atoms with Gasteiger partial charge in [-0.1, -0.05) is 71.5 Å². The van der Waals surface area contributed by atoms with Crippen molar-refractivity contribution in [2.45, 2.75) is 13.3 Å². The SMILES string of the molecule is Cc1ccc(CC(=O)Nc2nnc(-c3ccccc3)s2)cc1. The minimum atomic E-state index is -0.0837. The average molecular weight is 309 g/mol. The summed E-state index contributed by atoms with van der Waals surface area (Å²) in [5.74, 6) is -0.0837. The molecular weight excluding hydrogens is 294 g/mol. The van der Waals surface area contributed by atoms with Crippen molar-refractivity contribution in [2.75, 3.05) is 5.32 Å². The summed E-state index contributed by atoms with van der Waals surface area (Å²) in [5, 5.41) is 12.3. The molecule has 3 rings (SSSR count). The van der Waals surface area contributed by atoms with Crippen LogP contribution < -0.4 is 5.32 Å². The van der Waals surface area contributed by atoms with Crippen molar-refractivity contribution in [3.63, 3.8) is 0 Å². The largest absolute Gasteiger partial charge is 0.300 e. The van der Waals surface area contributed by atoms with Gasteiger partial charge in [0.05, 0.1) is 6.42 Å². The molecule has 0 aliphatic carbocycles. The van der Waals surface area contributed by atoms with Gasteiger partial charge in [-0.2, -0.15) is 0 Å². The summed E-state index contributed by atoms with van der Waals surface area (Å²) < 4.78 is 0. The average Bonchev–Trinajstić information content (AvgIpc) is 2.99. The maximum Gasteiger partial charge on any atom is 0.230 e. The van der Waals surface area contributed by atoms with E-state index in [4.69, 9.17) is 0 Å². The van der Waals surface area contributed by atoms with Gasteiger partial charge in [-0.3, -0.25) is 4.79 Å². The molecule has 1 amide bonds. The zero-order chi connectivity index (χ0) is 15.4. The number of anilines is 1. The predicted molar refractivity (Wildman–Crippen MR) is 88.9 cm³/mol. The molecule has 0 aliphatic heterocycles. The highest BCUT2D eigenvalue weighted by molar-refractivity contribution is 7.18. The highest BCUT2D eigenvalue weighted by Gasteiger charge is 2.10. The summed E-state index contributed by atoms with van der Waals surface area (Å²) >= 11 is 1.37. The number of nitrogens with one attached hydrogen (secondary N) is 1. The third-order valence-corrected chi connectivity index (χ3v) is 4.07. The number of aryl methyl sites for hydroxylation is 1. The fraction of sp³-hybridized carbons (Fsp3) is 0.118. The molecule has 4 nitrogen and oxygen atoms in total. The smallest absolute Gasteiger partial charge is 0.230 e. The van der Waals surface area contributed by atoms with Crippen molar-refractivity contribution in [1.29, 1.82) is 0 Å². The molecule has 3 aromatic rings. The molecule has 0 aliphatic rings. The number of benzene rings is 2. The Morgan fingerprint density at radius 3 is 2.50 bits per heavy atom. The Kier molecular flexibility index (Phi) is 4.25. The first-order valence-electron chi connectivity index (χ1n) is 6.95. The molecule has 0 saturated heterocycles. The third kappa shape index (κ3) is 3.56. The van der Waals surface area contributed by atoms with Gasteiger partial charge in [0.1, 0.15) is 5.01 Å². The summed E-state index contributed by atoms with van der Waals surface area (Å²) in [4.78, 5) is 12.0. The summed E-state index contributed by atoms with van der Waals surface area (Å²) in [5.41, 5.74) is 3.16. The lowest BCUT2D eigenvalue weighted by atomic mass is 10.1. The Morgan fingerprint density at radius 1 is 1.05 bits per heavy atom. The van der Waals surface area contributed by atoms with Crippen molar-refractivity contribution in [2.24, 2.45) is 0 Å². The van der Waals surface area contributed by atoms with Crippen LogP contribution in [0.2, 0.25) is 0 Å². The normalized spacial score (nSPS) is 10.4. The summed E-state index contributed by atoms with van der Waals surface area (Å²) in [6.07, 6.45) is 0.334.